The number of carbonyl (C=O) groups excluding carboxylic acids is 1. The van der Waals surface area contributed by atoms with Crippen molar-refractivity contribution in [3.05, 3.63) is 94.9 Å². The predicted octanol–water partition coefficient (Wildman–Crippen LogP) is 4.97. The molecule has 1 N–H and O–H groups in total. The number of amides is 1. The summed E-state index contributed by atoms with van der Waals surface area (Å²) in [6.07, 6.45) is 0. The lowest BCUT2D eigenvalue weighted by Gasteiger charge is -2.14. The molecule has 0 saturated heterocycles. The van der Waals surface area contributed by atoms with Gasteiger partial charge in [-0.3, -0.25) is 9.59 Å². The van der Waals surface area contributed by atoms with Crippen molar-refractivity contribution in [1.82, 2.24) is 9.78 Å². The first-order valence-electron chi connectivity index (χ1n) is 10.0. The number of nitrogens with zero attached hydrogens (tertiary/aromatic N) is 2. The second-order valence-electron chi connectivity index (χ2n) is 7.64. The Kier molecular flexibility index (Phi) is 5.44. The molecule has 0 saturated carbocycles. The van der Waals surface area contributed by atoms with Gasteiger partial charge in [-0.1, -0.05) is 80.6 Å². The summed E-state index contributed by atoms with van der Waals surface area (Å²) >= 11 is 0. The van der Waals surface area contributed by atoms with Crippen LogP contribution in [0.15, 0.2) is 83.7 Å². The summed E-state index contributed by atoms with van der Waals surface area (Å²) in [5.41, 5.74) is 2.69. The molecule has 150 valence electrons. The summed E-state index contributed by atoms with van der Waals surface area (Å²) in [6.45, 7) is 4.48. The number of carbonyl (C=O) groups is 1. The minimum Gasteiger partial charge on any atom is -0.320 e. The zero-order valence-electron chi connectivity index (χ0n) is 17.0. The molecule has 1 aromatic heterocycles. The van der Waals surface area contributed by atoms with Crippen molar-refractivity contribution >= 4 is 22.4 Å². The van der Waals surface area contributed by atoms with Gasteiger partial charge in [0.2, 0.25) is 0 Å². The maximum Gasteiger partial charge on any atom is 0.276 e. The van der Waals surface area contributed by atoms with Gasteiger partial charge < -0.3 is 5.32 Å². The van der Waals surface area contributed by atoms with Crippen molar-refractivity contribution in [3.8, 4) is 11.1 Å². The van der Waals surface area contributed by atoms with Crippen LogP contribution >= 0.6 is 0 Å². The van der Waals surface area contributed by atoms with Crippen LogP contribution in [0.3, 0.4) is 0 Å². The molecule has 0 aliphatic rings. The summed E-state index contributed by atoms with van der Waals surface area (Å²) in [5, 5.41) is 8.48. The van der Waals surface area contributed by atoms with E-state index in [1.165, 1.54) is 4.68 Å². The van der Waals surface area contributed by atoms with Crippen molar-refractivity contribution in [3.63, 3.8) is 0 Å². The Morgan fingerprint density at radius 3 is 2.27 bits per heavy atom. The topological polar surface area (TPSA) is 64.0 Å². The molecule has 1 amide bonds. The van der Waals surface area contributed by atoms with Crippen molar-refractivity contribution in [2.75, 3.05) is 5.32 Å². The molecule has 0 fully saturated rings. The first kappa shape index (κ1) is 19.6. The van der Waals surface area contributed by atoms with Gasteiger partial charge in [-0.2, -0.15) is 5.10 Å². The van der Waals surface area contributed by atoms with Gasteiger partial charge in [0.1, 0.15) is 0 Å². The summed E-state index contributed by atoms with van der Waals surface area (Å²) in [5.74, 6) is -0.113. The van der Waals surface area contributed by atoms with Crippen molar-refractivity contribution in [1.29, 1.82) is 0 Å². The van der Waals surface area contributed by atoms with Gasteiger partial charge in [0.15, 0.2) is 5.69 Å². The van der Waals surface area contributed by atoms with E-state index in [0.29, 0.717) is 23.0 Å². The molecule has 0 bridgehead atoms. The van der Waals surface area contributed by atoms with E-state index in [0.717, 1.165) is 11.1 Å². The fraction of sp³-hybridized carbons (Fsp3) is 0.160. The van der Waals surface area contributed by atoms with Crippen molar-refractivity contribution < 1.29 is 4.79 Å². The molecular formula is C25H23N3O2. The molecule has 3 aromatic carbocycles. The van der Waals surface area contributed by atoms with Crippen LogP contribution in [-0.4, -0.2) is 15.7 Å². The van der Waals surface area contributed by atoms with E-state index in [2.05, 4.69) is 10.4 Å². The lowest BCUT2D eigenvalue weighted by Crippen LogP contribution is -2.29. The van der Waals surface area contributed by atoms with Crippen LogP contribution in [0.25, 0.3) is 21.9 Å². The van der Waals surface area contributed by atoms with Crippen molar-refractivity contribution in [2.45, 2.75) is 20.4 Å². The predicted molar refractivity (Wildman–Crippen MR) is 121 cm³/mol. The third kappa shape index (κ3) is 3.87. The number of hydrogen-bond acceptors (Lipinski definition) is 3. The van der Waals surface area contributed by atoms with E-state index >= 15 is 0 Å². The molecule has 0 radical (unpaired) electrons. The first-order valence-corrected chi connectivity index (χ1v) is 10.0. The van der Waals surface area contributed by atoms with Crippen LogP contribution in [0.1, 0.15) is 24.3 Å². The largest absolute Gasteiger partial charge is 0.320 e. The minimum atomic E-state index is -0.341. The highest BCUT2D eigenvalue weighted by molar-refractivity contribution is 6.12. The number of para-hydroxylation sites is 1. The lowest BCUT2D eigenvalue weighted by atomic mass is 10.0. The minimum absolute atomic E-state index is 0.180. The quantitative estimate of drug-likeness (QED) is 0.517. The van der Waals surface area contributed by atoms with Crippen LogP contribution in [0.2, 0.25) is 0 Å². The molecule has 0 spiro atoms. The highest BCUT2D eigenvalue weighted by Crippen LogP contribution is 2.28. The maximum absolute atomic E-state index is 13.3. The van der Waals surface area contributed by atoms with E-state index in [1.807, 2.05) is 74.5 Å². The Balaban J connectivity index is 1.79. The molecule has 4 rings (SSSR count). The Morgan fingerprint density at radius 1 is 0.900 bits per heavy atom. The number of aromatic nitrogens is 2. The van der Waals surface area contributed by atoms with Crippen LogP contribution in [-0.2, 0) is 6.54 Å². The maximum atomic E-state index is 13.3. The van der Waals surface area contributed by atoms with Gasteiger partial charge in [0, 0.05) is 23.2 Å². The number of benzene rings is 3. The average Bonchev–Trinajstić information content (AvgIpc) is 2.76. The smallest absolute Gasteiger partial charge is 0.276 e. The molecule has 0 aliphatic heterocycles. The van der Waals surface area contributed by atoms with Crippen LogP contribution < -0.4 is 10.9 Å². The second-order valence-corrected chi connectivity index (χ2v) is 7.64. The van der Waals surface area contributed by atoms with Crippen LogP contribution in [0, 0.1) is 5.92 Å². The number of hydrogen-bond donors (Lipinski definition) is 1. The van der Waals surface area contributed by atoms with E-state index < -0.39 is 0 Å². The van der Waals surface area contributed by atoms with Gasteiger partial charge in [-0.25, -0.2) is 4.68 Å². The van der Waals surface area contributed by atoms with E-state index in [4.69, 9.17) is 0 Å². The highest BCUT2D eigenvalue weighted by atomic mass is 16.2. The van der Waals surface area contributed by atoms with Gasteiger partial charge in [0.25, 0.3) is 11.5 Å². The van der Waals surface area contributed by atoms with Gasteiger partial charge in [-0.15, -0.1) is 0 Å². The van der Waals surface area contributed by atoms with Crippen LogP contribution in [0.4, 0.5) is 5.69 Å². The van der Waals surface area contributed by atoms with Gasteiger partial charge in [-0.05, 0) is 23.6 Å². The molecule has 4 aromatic rings. The lowest BCUT2D eigenvalue weighted by molar-refractivity contribution is 0.102. The monoisotopic (exact) mass is 397 g/mol. The van der Waals surface area contributed by atoms with E-state index in [1.54, 1.807) is 18.2 Å². The zero-order valence-corrected chi connectivity index (χ0v) is 17.0. The molecule has 0 atom stereocenters. The molecule has 5 nitrogen and oxygen atoms in total. The Labute approximate surface area is 175 Å². The molecule has 1 heterocycles. The third-order valence-corrected chi connectivity index (χ3v) is 4.88. The Hall–Kier alpha value is -3.73. The number of fused-ring (bicyclic) bond motifs is 1. The zero-order chi connectivity index (χ0) is 21.1. The fourth-order valence-corrected chi connectivity index (χ4v) is 3.52. The Morgan fingerprint density at radius 2 is 1.53 bits per heavy atom. The SMILES string of the molecule is CC(C)Cn1nc(C(=O)Nc2ccccc2-c2ccccc2)c2ccccc2c1=O. The Bertz CT molecular complexity index is 1260. The van der Waals surface area contributed by atoms with E-state index in [-0.39, 0.29) is 23.1 Å². The van der Waals surface area contributed by atoms with Crippen molar-refractivity contribution in [2.24, 2.45) is 5.92 Å². The van der Waals surface area contributed by atoms with Gasteiger partial charge >= 0.3 is 0 Å². The average molecular weight is 397 g/mol. The number of anilines is 1. The summed E-state index contributed by atoms with van der Waals surface area (Å²) < 4.78 is 1.39. The second kappa shape index (κ2) is 8.33. The summed E-state index contributed by atoms with van der Waals surface area (Å²) in [7, 11) is 0. The fourth-order valence-electron chi connectivity index (χ4n) is 3.52. The molecular weight excluding hydrogens is 374 g/mol. The van der Waals surface area contributed by atoms with Gasteiger partial charge in [0.05, 0.1) is 5.39 Å². The molecule has 0 unspecified atom stereocenters. The summed E-state index contributed by atoms with van der Waals surface area (Å²) in [6, 6.07) is 24.7. The van der Waals surface area contributed by atoms with Crippen LogP contribution in [0.5, 0.6) is 0 Å². The molecule has 0 aliphatic carbocycles. The standard InChI is InChI=1S/C25H23N3O2/c1-17(2)16-28-25(30)21-14-7-6-13-20(21)23(27-28)24(29)26-22-15-9-8-12-19(22)18-10-4-3-5-11-18/h3-15,17H,16H2,1-2H3,(H,26,29). The number of rotatable bonds is 5. The first-order chi connectivity index (χ1) is 14.5. The van der Waals surface area contributed by atoms with E-state index in [9.17, 15) is 9.59 Å². The molecule has 30 heavy (non-hydrogen) atoms. The normalized spacial score (nSPS) is 11.0. The summed E-state index contributed by atoms with van der Waals surface area (Å²) in [4.78, 5) is 26.1. The number of nitrogens with one attached hydrogen (secondary N) is 1. The third-order valence-electron chi connectivity index (χ3n) is 4.88. The highest BCUT2D eigenvalue weighted by Gasteiger charge is 2.18. The molecule has 5 heteroatoms.